The number of methoxy groups -OCH3 is 1. The van der Waals surface area contributed by atoms with Crippen LogP contribution in [0.1, 0.15) is 20.8 Å². The fraction of sp³-hybridized carbons (Fsp3) is 0.200. The third-order valence-corrected chi connectivity index (χ3v) is 4.99. The molecule has 24 heavy (non-hydrogen) atoms. The SMILES string of the molecule is COc1ccc(Cl)cc1NC(=O)c1c(-n2cnnn2)sc(C)c1C. The Morgan fingerprint density at radius 1 is 1.38 bits per heavy atom. The number of hydrogen-bond acceptors (Lipinski definition) is 6. The van der Waals surface area contributed by atoms with E-state index in [0.717, 1.165) is 10.4 Å². The van der Waals surface area contributed by atoms with Gasteiger partial charge in [-0.1, -0.05) is 11.6 Å². The van der Waals surface area contributed by atoms with E-state index in [4.69, 9.17) is 16.3 Å². The number of halogens is 1. The van der Waals surface area contributed by atoms with Crippen LogP contribution in [-0.2, 0) is 0 Å². The van der Waals surface area contributed by atoms with Gasteiger partial charge in [-0.3, -0.25) is 4.79 Å². The summed E-state index contributed by atoms with van der Waals surface area (Å²) in [7, 11) is 1.53. The van der Waals surface area contributed by atoms with Gasteiger partial charge in [-0.05, 0) is 48.0 Å². The lowest BCUT2D eigenvalue weighted by Gasteiger charge is -2.11. The largest absolute Gasteiger partial charge is 0.495 e. The van der Waals surface area contributed by atoms with Gasteiger partial charge in [-0.25, -0.2) is 0 Å². The summed E-state index contributed by atoms with van der Waals surface area (Å²) < 4.78 is 6.75. The molecular weight excluding hydrogens is 350 g/mol. The molecule has 0 saturated heterocycles. The second-order valence-electron chi connectivity index (χ2n) is 5.02. The number of anilines is 1. The minimum atomic E-state index is -0.275. The van der Waals surface area contributed by atoms with Gasteiger partial charge in [-0.15, -0.1) is 16.4 Å². The number of hydrogen-bond donors (Lipinski definition) is 1. The molecule has 3 rings (SSSR count). The van der Waals surface area contributed by atoms with Crippen LogP contribution in [0.15, 0.2) is 24.5 Å². The van der Waals surface area contributed by atoms with E-state index in [9.17, 15) is 4.79 Å². The van der Waals surface area contributed by atoms with Crippen LogP contribution in [0.25, 0.3) is 5.00 Å². The van der Waals surface area contributed by atoms with E-state index in [0.29, 0.717) is 27.0 Å². The Morgan fingerprint density at radius 3 is 2.83 bits per heavy atom. The smallest absolute Gasteiger partial charge is 0.259 e. The predicted molar refractivity (Wildman–Crippen MR) is 92.5 cm³/mol. The maximum atomic E-state index is 12.9. The van der Waals surface area contributed by atoms with Gasteiger partial charge in [-0.2, -0.15) is 4.68 Å². The molecular formula is C15H14ClN5O2S. The first-order valence-corrected chi connectivity index (χ1v) is 8.19. The molecule has 0 radical (unpaired) electrons. The maximum Gasteiger partial charge on any atom is 0.259 e. The van der Waals surface area contributed by atoms with Crippen molar-refractivity contribution in [3.8, 4) is 10.8 Å². The second-order valence-corrected chi connectivity index (χ2v) is 6.66. The first-order valence-electron chi connectivity index (χ1n) is 6.99. The molecule has 0 aliphatic rings. The van der Waals surface area contributed by atoms with Crippen molar-refractivity contribution in [2.75, 3.05) is 12.4 Å². The maximum absolute atomic E-state index is 12.9. The number of thiophene rings is 1. The monoisotopic (exact) mass is 363 g/mol. The first-order chi connectivity index (χ1) is 11.5. The Balaban J connectivity index is 2.01. The average molecular weight is 364 g/mol. The molecule has 0 aliphatic carbocycles. The van der Waals surface area contributed by atoms with Crippen LogP contribution in [0.4, 0.5) is 5.69 Å². The van der Waals surface area contributed by atoms with Crippen LogP contribution in [0.2, 0.25) is 5.02 Å². The van der Waals surface area contributed by atoms with Crippen molar-refractivity contribution in [2.24, 2.45) is 0 Å². The van der Waals surface area contributed by atoms with E-state index in [-0.39, 0.29) is 5.91 Å². The van der Waals surface area contributed by atoms with E-state index in [1.54, 1.807) is 18.2 Å². The average Bonchev–Trinajstić information content (AvgIpc) is 3.17. The van der Waals surface area contributed by atoms with Crippen molar-refractivity contribution < 1.29 is 9.53 Å². The standard InChI is InChI=1S/C15H14ClN5O2S/c1-8-9(2)24-15(21-7-17-19-20-21)13(8)14(22)18-11-6-10(16)4-5-12(11)23-3/h4-7H,1-3H3,(H,18,22). The Kier molecular flexibility index (Phi) is 4.50. The summed E-state index contributed by atoms with van der Waals surface area (Å²) in [5.74, 6) is 0.254. The zero-order valence-corrected chi connectivity index (χ0v) is 14.8. The highest BCUT2D eigenvalue weighted by Gasteiger charge is 2.22. The number of aromatic nitrogens is 4. The summed E-state index contributed by atoms with van der Waals surface area (Å²) in [5, 5.41) is 15.2. The number of benzene rings is 1. The number of amides is 1. The molecule has 0 atom stereocenters. The molecule has 0 bridgehead atoms. The molecule has 1 aromatic carbocycles. The Bertz CT molecular complexity index is 892. The van der Waals surface area contributed by atoms with E-state index in [1.807, 2.05) is 13.8 Å². The van der Waals surface area contributed by atoms with Crippen molar-refractivity contribution in [3.05, 3.63) is 45.6 Å². The number of nitrogens with one attached hydrogen (secondary N) is 1. The normalized spacial score (nSPS) is 10.7. The number of tetrazole rings is 1. The minimum Gasteiger partial charge on any atom is -0.495 e. The zero-order chi connectivity index (χ0) is 17.3. The molecule has 124 valence electrons. The molecule has 1 N–H and O–H groups in total. The molecule has 0 spiro atoms. The van der Waals surface area contributed by atoms with Gasteiger partial charge in [0, 0.05) is 9.90 Å². The number of carbonyl (C=O) groups is 1. The quantitative estimate of drug-likeness (QED) is 0.769. The van der Waals surface area contributed by atoms with E-state index < -0.39 is 0 Å². The highest BCUT2D eigenvalue weighted by atomic mass is 35.5. The van der Waals surface area contributed by atoms with Gasteiger partial charge in [0.2, 0.25) is 0 Å². The topological polar surface area (TPSA) is 81.9 Å². The van der Waals surface area contributed by atoms with Crippen LogP contribution in [0.3, 0.4) is 0 Å². The van der Waals surface area contributed by atoms with Crippen LogP contribution in [0.5, 0.6) is 5.75 Å². The molecule has 0 unspecified atom stereocenters. The van der Waals surface area contributed by atoms with Crippen LogP contribution in [-0.4, -0.2) is 33.2 Å². The molecule has 2 aromatic heterocycles. The van der Waals surface area contributed by atoms with Crippen molar-refractivity contribution in [1.29, 1.82) is 0 Å². The highest BCUT2D eigenvalue weighted by Crippen LogP contribution is 2.33. The Labute approximate surface area is 147 Å². The highest BCUT2D eigenvalue weighted by molar-refractivity contribution is 7.15. The number of aryl methyl sites for hydroxylation is 1. The van der Waals surface area contributed by atoms with E-state index >= 15 is 0 Å². The number of rotatable bonds is 4. The fourth-order valence-corrected chi connectivity index (χ4v) is 3.50. The summed E-state index contributed by atoms with van der Waals surface area (Å²) in [5.41, 5.74) is 1.90. The fourth-order valence-electron chi connectivity index (χ4n) is 2.25. The summed E-state index contributed by atoms with van der Waals surface area (Å²) in [6, 6.07) is 5.04. The lowest BCUT2D eigenvalue weighted by Crippen LogP contribution is -2.15. The lowest BCUT2D eigenvalue weighted by atomic mass is 10.1. The van der Waals surface area contributed by atoms with E-state index in [1.165, 1.54) is 29.5 Å². The molecule has 3 aromatic rings. The first kappa shape index (κ1) is 16.4. The van der Waals surface area contributed by atoms with Crippen LogP contribution in [0, 0.1) is 13.8 Å². The van der Waals surface area contributed by atoms with Crippen LogP contribution < -0.4 is 10.1 Å². The van der Waals surface area contributed by atoms with Crippen molar-refractivity contribution in [1.82, 2.24) is 20.2 Å². The van der Waals surface area contributed by atoms with Crippen LogP contribution >= 0.6 is 22.9 Å². The number of ether oxygens (including phenoxy) is 1. The Hall–Kier alpha value is -2.45. The number of carbonyl (C=O) groups excluding carboxylic acids is 1. The molecule has 1 amide bonds. The summed E-state index contributed by atoms with van der Waals surface area (Å²) >= 11 is 7.47. The van der Waals surface area contributed by atoms with Gasteiger partial charge in [0.05, 0.1) is 18.4 Å². The summed E-state index contributed by atoms with van der Waals surface area (Å²) in [4.78, 5) is 13.9. The molecule has 0 saturated carbocycles. The van der Waals surface area contributed by atoms with Crippen molar-refractivity contribution in [3.63, 3.8) is 0 Å². The molecule has 0 aliphatic heterocycles. The second kappa shape index (κ2) is 6.58. The van der Waals surface area contributed by atoms with Gasteiger partial charge in [0.1, 0.15) is 17.1 Å². The zero-order valence-electron chi connectivity index (χ0n) is 13.2. The Morgan fingerprint density at radius 2 is 2.17 bits per heavy atom. The van der Waals surface area contributed by atoms with Crippen molar-refractivity contribution in [2.45, 2.75) is 13.8 Å². The molecule has 0 fully saturated rings. The van der Waals surface area contributed by atoms with Gasteiger partial charge >= 0.3 is 0 Å². The summed E-state index contributed by atoms with van der Waals surface area (Å²) in [6.07, 6.45) is 1.46. The third-order valence-electron chi connectivity index (χ3n) is 3.56. The summed E-state index contributed by atoms with van der Waals surface area (Å²) in [6.45, 7) is 3.84. The lowest BCUT2D eigenvalue weighted by molar-refractivity contribution is 0.102. The van der Waals surface area contributed by atoms with E-state index in [2.05, 4.69) is 20.8 Å². The molecule has 9 heteroatoms. The predicted octanol–water partition coefficient (Wildman–Crippen LogP) is 3.25. The minimum absolute atomic E-state index is 0.275. The molecule has 7 nitrogen and oxygen atoms in total. The van der Waals surface area contributed by atoms with Gasteiger partial charge in [0.15, 0.2) is 0 Å². The third kappa shape index (κ3) is 2.98. The van der Waals surface area contributed by atoms with Gasteiger partial charge in [0.25, 0.3) is 5.91 Å². The van der Waals surface area contributed by atoms with Gasteiger partial charge < -0.3 is 10.1 Å². The van der Waals surface area contributed by atoms with Crippen molar-refractivity contribution >= 4 is 34.5 Å². The number of nitrogens with zero attached hydrogens (tertiary/aromatic N) is 4. The molecule has 2 heterocycles.